The second-order valence-electron chi connectivity index (χ2n) is 15.2. The molecule has 1 aliphatic carbocycles. The maximum Gasteiger partial charge on any atom is 0.220 e. The van der Waals surface area contributed by atoms with E-state index < -0.39 is 0 Å². The van der Waals surface area contributed by atoms with Crippen molar-refractivity contribution in [1.82, 2.24) is 30.6 Å². The third kappa shape index (κ3) is 8.77. The van der Waals surface area contributed by atoms with Crippen LogP contribution in [0.15, 0.2) is 60.8 Å². The Hall–Kier alpha value is -4.46. The lowest BCUT2D eigenvalue weighted by Gasteiger charge is -2.12. The highest BCUT2D eigenvalue weighted by Gasteiger charge is 2.46. The minimum Gasteiger partial charge on any atom is -0.356 e. The van der Waals surface area contributed by atoms with E-state index in [0.717, 1.165) is 65.2 Å². The van der Waals surface area contributed by atoms with Crippen molar-refractivity contribution in [3.8, 4) is 22.4 Å². The number of carbonyl (C=O) groups excluding carboxylic acids is 2. The first kappa shape index (κ1) is 34.4. The summed E-state index contributed by atoms with van der Waals surface area (Å²) in [5, 5.41) is 8.66. The van der Waals surface area contributed by atoms with Crippen LogP contribution in [0, 0.1) is 29.6 Å². The highest BCUT2D eigenvalue weighted by atomic mass is 16.2. The summed E-state index contributed by atoms with van der Waals surface area (Å²) < 4.78 is 0. The number of carbonyl (C=O) groups is 2. The Morgan fingerprint density at radius 1 is 0.796 bits per heavy atom. The first-order chi connectivity index (χ1) is 23.5. The normalized spacial score (nSPS) is 18.0. The highest BCUT2D eigenvalue weighted by molar-refractivity contribution is 5.91. The molecule has 0 bridgehead atoms. The van der Waals surface area contributed by atoms with E-state index in [1.807, 2.05) is 6.20 Å². The Bertz CT molecular complexity index is 1920. The smallest absolute Gasteiger partial charge is 0.220 e. The predicted octanol–water partition coefficient (Wildman–Crippen LogP) is 8.23. The number of aromatic nitrogens is 4. The van der Waals surface area contributed by atoms with Gasteiger partial charge in [-0.25, -0.2) is 9.97 Å². The molecule has 2 amide bonds. The fraction of sp³-hybridized carbons (Fsp3) is 0.463. The summed E-state index contributed by atoms with van der Waals surface area (Å²) in [6, 6.07) is 19.9. The van der Waals surface area contributed by atoms with Crippen molar-refractivity contribution in [3.63, 3.8) is 0 Å². The molecule has 258 valence electrons. The van der Waals surface area contributed by atoms with Crippen molar-refractivity contribution < 1.29 is 9.59 Å². The summed E-state index contributed by atoms with van der Waals surface area (Å²) in [6.07, 6.45) is 6.79. The van der Waals surface area contributed by atoms with E-state index in [-0.39, 0.29) is 11.8 Å². The largest absolute Gasteiger partial charge is 0.356 e. The van der Waals surface area contributed by atoms with Gasteiger partial charge in [0.05, 0.1) is 22.9 Å². The predicted molar refractivity (Wildman–Crippen MR) is 199 cm³/mol. The van der Waals surface area contributed by atoms with Gasteiger partial charge in [0.25, 0.3) is 0 Å². The molecule has 6 rings (SSSR count). The average Bonchev–Trinajstić information content (AvgIpc) is 3.40. The third-order valence-electron chi connectivity index (χ3n) is 9.96. The quantitative estimate of drug-likeness (QED) is 0.0905. The standard InChI is InChI=1S/C41H52N6O2/c1-24(2)17-39(48)43-22-26(5)7-15-37-42-23-36(46-37)32-11-10-28-19-29(8-9-30(28)20-32)31-12-14-34-35(21-31)45-38(44-34)16-13-33-27(6)41(33)47-40(49)18-25(3)4/h8-12,14,19-21,23-27,33,41H,7,13,15-18,22H2,1-6H3,(H,42,46)(H,43,48)(H,44,45)(H,47,49)/t26-,27+,33?,41?/m0/s1. The van der Waals surface area contributed by atoms with Gasteiger partial charge in [-0.15, -0.1) is 0 Å². The van der Waals surface area contributed by atoms with E-state index in [4.69, 9.17) is 4.98 Å². The highest BCUT2D eigenvalue weighted by Crippen LogP contribution is 2.42. The van der Waals surface area contributed by atoms with Crippen LogP contribution < -0.4 is 10.6 Å². The van der Waals surface area contributed by atoms with Gasteiger partial charge >= 0.3 is 0 Å². The van der Waals surface area contributed by atoms with E-state index in [1.165, 1.54) is 16.3 Å². The molecule has 4 atom stereocenters. The van der Waals surface area contributed by atoms with Crippen molar-refractivity contribution in [2.45, 2.75) is 86.1 Å². The average molecular weight is 661 g/mol. The molecule has 2 unspecified atom stereocenters. The van der Waals surface area contributed by atoms with E-state index in [1.54, 1.807) is 0 Å². The monoisotopic (exact) mass is 660 g/mol. The number of rotatable bonds is 15. The molecule has 1 aliphatic rings. The topological polar surface area (TPSA) is 116 Å². The Balaban J connectivity index is 1.05. The van der Waals surface area contributed by atoms with Crippen LogP contribution >= 0.6 is 0 Å². The number of aromatic amines is 2. The van der Waals surface area contributed by atoms with Gasteiger partial charge in [-0.2, -0.15) is 0 Å². The van der Waals surface area contributed by atoms with Gasteiger partial charge < -0.3 is 20.6 Å². The SMILES string of the molecule is CC(C)CC(=O)NC[C@@H](C)CCc1ncc(-c2ccc3cc(-c4ccc5nc(CCC6C(NC(=O)CC(C)C)[C@@H]6C)[nH]c5c4)ccc3c2)[nH]1. The number of hydrogen-bond acceptors (Lipinski definition) is 4. The molecule has 8 heteroatoms. The zero-order chi connectivity index (χ0) is 34.7. The lowest BCUT2D eigenvalue weighted by atomic mass is 9.99. The summed E-state index contributed by atoms with van der Waals surface area (Å²) in [4.78, 5) is 40.8. The van der Waals surface area contributed by atoms with Gasteiger partial charge in [-0.05, 0) is 88.6 Å². The lowest BCUT2D eigenvalue weighted by Crippen LogP contribution is -2.29. The third-order valence-corrected chi connectivity index (χ3v) is 9.96. The molecule has 5 aromatic rings. The van der Waals surface area contributed by atoms with Gasteiger partial charge in [-0.1, -0.05) is 71.9 Å². The van der Waals surface area contributed by atoms with E-state index in [9.17, 15) is 9.59 Å². The number of amides is 2. The molecule has 49 heavy (non-hydrogen) atoms. The minimum atomic E-state index is 0.132. The molecule has 0 spiro atoms. The van der Waals surface area contributed by atoms with Crippen molar-refractivity contribution in [2.75, 3.05) is 6.54 Å². The summed E-state index contributed by atoms with van der Waals surface area (Å²) in [5.74, 6) is 4.46. The fourth-order valence-electron chi connectivity index (χ4n) is 6.95. The molecule has 1 saturated carbocycles. The van der Waals surface area contributed by atoms with Gasteiger partial charge in [0, 0.05) is 43.8 Å². The van der Waals surface area contributed by atoms with Crippen LogP contribution in [0.4, 0.5) is 0 Å². The second kappa shape index (κ2) is 15.0. The molecule has 2 aromatic heterocycles. The molecule has 2 heterocycles. The Morgan fingerprint density at radius 3 is 2.22 bits per heavy atom. The van der Waals surface area contributed by atoms with Crippen molar-refractivity contribution in [1.29, 1.82) is 0 Å². The Morgan fingerprint density at radius 2 is 1.47 bits per heavy atom. The molecule has 1 fully saturated rings. The number of benzene rings is 3. The number of H-pyrrole nitrogens is 2. The Kier molecular flexibility index (Phi) is 10.5. The first-order valence-electron chi connectivity index (χ1n) is 18.2. The number of hydrogen-bond donors (Lipinski definition) is 4. The van der Waals surface area contributed by atoms with Crippen molar-refractivity contribution in [2.24, 2.45) is 29.6 Å². The maximum atomic E-state index is 12.2. The van der Waals surface area contributed by atoms with Gasteiger partial charge in [-0.3, -0.25) is 9.59 Å². The van der Waals surface area contributed by atoms with Crippen molar-refractivity contribution >= 4 is 33.6 Å². The van der Waals surface area contributed by atoms with Crippen molar-refractivity contribution in [3.05, 3.63) is 72.4 Å². The molecule has 4 N–H and O–H groups in total. The molecule has 0 radical (unpaired) electrons. The lowest BCUT2D eigenvalue weighted by molar-refractivity contribution is -0.122. The zero-order valence-corrected chi connectivity index (χ0v) is 29.9. The number of nitrogens with zero attached hydrogens (tertiary/aromatic N) is 2. The molecule has 0 saturated heterocycles. The summed E-state index contributed by atoms with van der Waals surface area (Å²) >= 11 is 0. The van der Waals surface area contributed by atoms with Crippen LogP contribution in [-0.4, -0.2) is 44.3 Å². The van der Waals surface area contributed by atoms with E-state index in [0.29, 0.717) is 55.0 Å². The molecular weight excluding hydrogens is 608 g/mol. The van der Waals surface area contributed by atoms with Gasteiger partial charge in [0.2, 0.25) is 11.8 Å². The van der Waals surface area contributed by atoms with Gasteiger partial charge in [0.1, 0.15) is 11.6 Å². The fourth-order valence-corrected chi connectivity index (χ4v) is 6.95. The molecule has 8 nitrogen and oxygen atoms in total. The summed E-state index contributed by atoms with van der Waals surface area (Å²) in [7, 11) is 0. The maximum absolute atomic E-state index is 12.2. The molecular formula is C41H52N6O2. The van der Waals surface area contributed by atoms with Crippen LogP contribution in [0.1, 0.15) is 78.9 Å². The molecule has 3 aromatic carbocycles. The van der Waals surface area contributed by atoms with Crippen LogP contribution in [0.25, 0.3) is 44.2 Å². The van der Waals surface area contributed by atoms with Crippen LogP contribution in [-0.2, 0) is 22.4 Å². The van der Waals surface area contributed by atoms with E-state index >= 15 is 0 Å². The zero-order valence-electron chi connectivity index (χ0n) is 29.9. The summed E-state index contributed by atoms with van der Waals surface area (Å²) in [6.45, 7) is 13.4. The minimum absolute atomic E-state index is 0.132. The number of imidazole rings is 2. The van der Waals surface area contributed by atoms with Crippen LogP contribution in [0.5, 0.6) is 0 Å². The molecule has 0 aliphatic heterocycles. The summed E-state index contributed by atoms with van der Waals surface area (Å²) in [5.41, 5.74) is 6.49. The van der Waals surface area contributed by atoms with Gasteiger partial charge in [0.15, 0.2) is 0 Å². The number of aryl methyl sites for hydroxylation is 2. The van der Waals surface area contributed by atoms with Crippen LogP contribution in [0.2, 0.25) is 0 Å². The van der Waals surface area contributed by atoms with Crippen LogP contribution in [0.3, 0.4) is 0 Å². The number of fused-ring (bicyclic) bond motifs is 2. The first-order valence-corrected chi connectivity index (χ1v) is 18.2. The Labute approximate surface area is 290 Å². The van der Waals surface area contributed by atoms with E-state index in [2.05, 4.69) is 122 Å². The number of nitrogens with one attached hydrogen (secondary N) is 4. The second-order valence-corrected chi connectivity index (χ2v) is 15.2.